The molecule has 2 heterocycles. The van der Waals surface area contributed by atoms with Crippen LogP contribution in [0.5, 0.6) is 17.2 Å². The van der Waals surface area contributed by atoms with Crippen molar-refractivity contribution in [2.24, 2.45) is 0 Å². The standard InChI is InChI=1S/C20H22N2O6/c1-21-8-7-13-9-17-19(28-11-27-17)20(26-2)18(13)15(21)10-16(23)12-3-5-14(6-4-12)22(24)25/h3-6,9,15,22,24H,7-8,10-11H2,1-2H3/t15-/m0/s1. The maximum absolute atomic E-state index is 12.9. The first kappa shape index (κ1) is 18.7. The molecule has 0 saturated heterocycles. The Hall–Kier alpha value is -2.65. The number of Topliss-reactive ketones (excluding diaryl/α,β-unsaturated/α-hetero) is 1. The zero-order valence-corrected chi connectivity index (χ0v) is 15.7. The molecule has 0 bridgehead atoms. The molecule has 1 unspecified atom stereocenters. The van der Waals surface area contributed by atoms with E-state index in [9.17, 15) is 10.0 Å². The van der Waals surface area contributed by atoms with Crippen LogP contribution in [0.25, 0.3) is 0 Å². The first-order chi connectivity index (χ1) is 13.5. The summed E-state index contributed by atoms with van der Waals surface area (Å²) in [6, 6.07) is 7.84. The van der Waals surface area contributed by atoms with Gasteiger partial charge >= 0.3 is 0 Å². The molecule has 8 nitrogen and oxygen atoms in total. The highest BCUT2D eigenvalue weighted by atomic mass is 16.8. The van der Waals surface area contributed by atoms with Crippen molar-refractivity contribution in [2.75, 3.05) is 27.5 Å². The number of quaternary nitrogens is 1. The highest BCUT2D eigenvalue weighted by Crippen LogP contribution is 2.50. The van der Waals surface area contributed by atoms with E-state index < -0.39 is 5.23 Å². The van der Waals surface area contributed by atoms with Crippen molar-refractivity contribution in [2.45, 2.75) is 18.9 Å². The van der Waals surface area contributed by atoms with Gasteiger partial charge in [-0.15, -0.1) is 0 Å². The fourth-order valence-electron chi connectivity index (χ4n) is 3.88. The summed E-state index contributed by atoms with van der Waals surface area (Å²) in [7, 11) is 3.58. The van der Waals surface area contributed by atoms with Crippen molar-refractivity contribution in [1.29, 1.82) is 0 Å². The molecular weight excluding hydrogens is 364 g/mol. The van der Waals surface area contributed by atoms with Crippen LogP contribution in [0.15, 0.2) is 30.3 Å². The molecule has 2 atom stereocenters. The van der Waals surface area contributed by atoms with Crippen molar-refractivity contribution in [3.63, 3.8) is 0 Å². The molecule has 0 aromatic heterocycles. The molecule has 2 aliphatic heterocycles. The third-order valence-corrected chi connectivity index (χ3v) is 5.38. The van der Waals surface area contributed by atoms with Crippen LogP contribution in [0.1, 0.15) is 33.9 Å². The van der Waals surface area contributed by atoms with Gasteiger partial charge in [0, 0.05) is 42.3 Å². The van der Waals surface area contributed by atoms with E-state index in [2.05, 4.69) is 4.90 Å². The van der Waals surface area contributed by atoms with Crippen LogP contribution in [0.4, 0.5) is 5.69 Å². The number of carbonyl (C=O) groups is 1. The SMILES string of the molecule is COc1c2c(cc3c1[C@H](CC(=O)c1ccc([NH+]([O-])O)cc1)N(C)CC3)OCO2. The molecule has 0 radical (unpaired) electrons. The second-order valence-electron chi connectivity index (χ2n) is 6.97. The number of nitrogens with zero attached hydrogens (tertiary/aromatic N) is 1. The molecule has 8 heteroatoms. The number of ether oxygens (including phenoxy) is 3. The molecule has 148 valence electrons. The van der Waals surface area contributed by atoms with Crippen molar-refractivity contribution in [3.05, 3.63) is 52.2 Å². The van der Waals surface area contributed by atoms with Gasteiger partial charge in [0.15, 0.2) is 23.0 Å². The van der Waals surface area contributed by atoms with E-state index in [1.807, 2.05) is 13.1 Å². The van der Waals surface area contributed by atoms with Crippen LogP contribution in [0, 0.1) is 5.21 Å². The minimum absolute atomic E-state index is 0.0543. The van der Waals surface area contributed by atoms with Gasteiger partial charge in [0.2, 0.25) is 12.5 Å². The lowest BCUT2D eigenvalue weighted by molar-refractivity contribution is -0.991. The third-order valence-electron chi connectivity index (χ3n) is 5.38. The Labute approximate surface area is 162 Å². The van der Waals surface area contributed by atoms with Crippen molar-refractivity contribution >= 4 is 11.5 Å². The predicted molar refractivity (Wildman–Crippen MR) is 99.4 cm³/mol. The van der Waals surface area contributed by atoms with Crippen molar-refractivity contribution < 1.29 is 29.4 Å². The largest absolute Gasteiger partial charge is 0.595 e. The van der Waals surface area contributed by atoms with Gasteiger partial charge < -0.3 is 19.4 Å². The fourth-order valence-corrected chi connectivity index (χ4v) is 3.88. The number of rotatable bonds is 5. The zero-order valence-electron chi connectivity index (χ0n) is 15.7. The van der Waals surface area contributed by atoms with E-state index >= 15 is 0 Å². The fraction of sp³-hybridized carbons (Fsp3) is 0.350. The average Bonchev–Trinajstić information content (AvgIpc) is 3.16. The van der Waals surface area contributed by atoms with E-state index in [4.69, 9.17) is 19.4 Å². The van der Waals surface area contributed by atoms with Crippen LogP contribution in [0.3, 0.4) is 0 Å². The Morgan fingerprint density at radius 3 is 2.79 bits per heavy atom. The van der Waals surface area contributed by atoms with Crippen LogP contribution >= 0.6 is 0 Å². The van der Waals surface area contributed by atoms with Crippen LogP contribution < -0.4 is 19.4 Å². The Bertz CT molecular complexity index is 897. The van der Waals surface area contributed by atoms with Gasteiger partial charge in [-0.3, -0.25) is 9.69 Å². The number of ketones is 1. The minimum Gasteiger partial charge on any atom is -0.595 e. The normalized spacial score (nSPS) is 19.2. The maximum Gasteiger partial charge on any atom is 0.231 e. The number of fused-ring (bicyclic) bond motifs is 2. The molecule has 0 spiro atoms. The summed E-state index contributed by atoms with van der Waals surface area (Å²) in [5.41, 5.74) is 2.70. The van der Waals surface area contributed by atoms with E-state index in [0.717, 1.165) is 24.1 Å². The Kier molecular flexibility index (Phi) is 4.94. The maximum atomic E-state index is 12.9. The molecule has 0 amide bonds. The molecule has 2 aromatic carbocycles. The minimum atomic E-state index is -1.01. The lowest BCUT2D eigenvalue weighted by atomic mass is 9.87. The Balaban J connectivity index is 1.66. The number of hydrogen-bond acceptors (Lipinski definition) is 7. The first-order valence-corrected chi connectivity index (χ1v) is 9.05. The number of hydrogen-bond donors (Lipinski definition) is 2. The number of carbonyl (C=O) groups excluding carboxylic acids is 1. The molecule has 2 aromatic rings. The smallest absolute Gasteiger partial charge is 0.231 e. The summed E-state index contributed by atoms with van der Waals surface area (Å²) >= 11 is 0. The van der Waals surface area contributed by atoms with Gasteiger partial charge in [-0.25, -0.2) is 5.21 Å². The average molecular weight is 386 g/mol. The number of likely N-dealkylation sites (N-methyl/N-ethyl adjacent to an activating group) is 1. The number of nitrogens with one attached hydrogen (secondary N) is 1. The summed E-state index contributed by atoms with van der Waals surface area (Å²) in [6.07, 6.45) is 1.09. The lowest BCUT2D eigenvalue weighted by Crippen LogP contribution is -2.99. The molecule has 0 saturated carbocycles. The summed E-state index contributed by atoms with van der Waals surface area (Å²) in [5.74, 6) is 1.83. The van der Waals surface area contributed by atoms with Gasteiger partial charge in [0.05, 0.1) is 7.11 Å². The van der Waals surface area contributed by atoms with Gasteiger partial charge in [-0.1, -0.05) is 0 Å². The van der Waals surface area contributed by atoms with E-state index in [1.165, 1.54) is 12.1 Å². The van der Waals surface area contributed by atoms with Crippen LogP contribution in [-0.4, -0.2) is 43.4 Å². The van der Waals surface area contributed by atoms with Crippen molar-refractivity contribution in [3.8, 4) is 17.2 Å². The number of benzene rings is 2. The molecule has 0 aliphatic carbocycles. The van der Waals surface area contributed by atoms with Crippen LogP contribution in [0.2, 0.25) is 0 Å². The summed E-state index contributed by atoms with van der Waals surface area (Å²) in [4.78, 5) is 15.0. The van der Waals surface area contributed by atoms with Crippen molar-refractivity contribution in [1.82, 2.24) is 4.90 Å². The predicted octanol–water partition coefficient (Wildman–Crippen LogP) is 1.63. The summed E-state index contributed by atoms with van der Waals surface area (Å²) < 4.78 is 16.8. The molecule has 28 heavy (non-hydrogen) atoms. The van der Waals surface area contributed by atoms with E-state index in [0.29, 0.717) is 22.8 Å². The second-order valence-corrected chi connectivity index (χ2v) is 6.97. The molecule has 4 rings (SSSR count). The monoisotopic (exact) mass is 386 g/mol. The molecule has 2 N–H and O–H groups in total. The Morgan fingerprint density at radius 2 is 2.11 bits per heavy atom. The quantitative estimate of drug-likeness (QED) is 0.596. The van der Waals surface area contributed by atoms with E-state index in [1.54, 1.807) is 19.2 Å². The molecule has 0 fully saturated rings. The molecule has 2 aliphatic rings. The second kappa shape index (κ2) is 7.40. The lowest BCUT2D eigenvalue weighted by Gasteiger charge is -2.35. The highest BCUT2D eigenvalue weighted by Gasteiger charge is 2.35. The number of methoxy groups -OCH3 is 1. The summed E-state index contributed by atoms with van der Waals surface area (Å²) in [5, 5.41) is 19.0. The van der Waals surface area contributed by atoms with Gasteiger partial charge in [-0.05, 0) is 37.2 Å². The molecular formula is C20H22N2O6. The topological polar surface area (TPSA) is 95.7 Å². The van der Waals surface area contributed by atoms with Crippen LogP contribution in [-0.2, 0) is 6.42 Å². The summed E-state index contributed by atoms with van der Waals surface area (Å²) in [6.45, 7) is 0.968. The highest BCUT2D eigenvalue weighted by molar-refractivity contribution is 5.96. The van der Waals surface area contributed by atoms with Gasteiger partial charge in [-0.2, -0.15) is 5.23 Å². The Morgan fingerprint density at radius 1 is 1.36 bits per heavy atom. The van der Waals surface area contributed by atoms with Gasteiger partial charge in [0.25, 0.3) is 0 Å². The third kappa shape index (κ3) is 3.20. The first-order valence-electron chi connectivity index (χ1n) is 9.05. The van der Waals surface area contributed by atoms with Gasteiger partial charge in [0.1, 0.15) is 0 Å². The van der Waals surface area contributed by atoms with E-state index in [-0.39, 0.29) is 30.7 Å². The zero-order chi connectivity index (χ0) is 19.8.